The van der Waals surface area contributed by atoms with Gasteiger partial charge in [0.15, 0.2) is 0 Å². The van der Waals surface area contributed by atoms with Gasteiger partial charge in [-0.15, -0.1) is 0 Å². The minimum Gasteiger partial charge on any atom is -0.495 e. The van der Waals surface area contributed by atoms with Gasteiger partial charge in [-0.2, -0.15) is 0 Å². The van der Waals surface area contributed by atoms with E-state index in [2.05, 4.69) is 10.6 Å². The van der Waals surface area contributed by atoms with Crippen LogP contribution in [0.3, 0.4) is 0 Å². The Kier molecular flexibility index (Phi) is 12.9. The molecule has 14 heteroatoms. The Labute approximate surface area is 305 Å². The molecule has 2 fully saturated rings. The molecular weight excluding hydrogens is 680 g/mol. The maximum Gasteiger partial charge on any atom is 0.409 e. The lowest BCUT2D eigenvalue weighted by atomic mass is 9.80. The number of hydrogen-bond donors (Lipinski definition) is 3. The number of aliphatic hydroxyl groups is 1. The van der Waals surface area contributed by atoms with Gasteiger partial charge in [0.05, 0.1) is 25.3 Å². The van der Waals surface area contributed by atoms with Gasteiger partial charge < -0.3 is 39.2 Å². The highest BCUT2D eigenvalue weighted by Gasteiger charge is 2.64. The Hall–Kier alpha value is -3.65. The molecule has 4 rings (SSSR count). The molecular formula is C37H53ClN4O9. The van der Waals surface area contributed by atoms with Crippen LogP contribution in [0.2, 0.25) is 5.02 Å². The van der Waals surface area contributed by atoms with Gasteiger partial charge >= 0.3 is 12.1 Å². The van der Waals surface area contributed by atoms with E-state index in [4.69, 9.17) is 30.5 Å². The van der Waals surface area contributed by atoms with E-state index in [1.54, 1.807) is 27.9 Å². The summed E-state index contributed by atoms with van der Waals surface area (Å²) >= 11 is 6.76. The van der Waals surface area contributed by atoms with Crippen LogP contribution < -0.4 is 20.3 Å². The van der Waals surface area contributed by atoms with Crippen LogP contribution >= 0.6 is 11.6 Å². The summed E-state index contributed by atoms with van der Waals surface area (Å²) in [5.74, 6) is -1.88. The van der Waals surface area contributed by atoms with E-state index in [1.807, 2.05) is 51.1 Å². The highest BCUT2D eigenvalue weighted by Crippen LogP contribution is 2.49. The van der Waals surface area contributed by atoms with Crippen LogP contribution in [0.25, 0.3) is 0 Å². The zero-order valence-electron chi connectivity index (χ0n) is 31.1. The number of amides is 3. The highest BCUT2D eigenvalue weighted by atomic mass is 35.5. The number of ether oxygens (including phenoxy) is 4. The number of carbonyl (C=O) groups excluding carboxylic acids is 4. The number of halogens is 1. The van der Waals surface area contributed by atoms with Crippen molar-refractivity contribution < 1.29 is 43.2 Å². The third-order valence-electron chi connectivity index (χ3n) is 10.5. The lowest BCUT2D eigenvalue weighted by molar-refractivity contribution is -0.162. The minimum absolute atomic E-state index is 0.0776. The van der Waals surface area contributed by atoms with Crippen LogP contribution in [-0.2, 0) is 35.0 Å². The molecule has 3 amide bonds. The van der Waals surface area contributed by atoms with Gasteiger partial charge in [-0.25, -0.2) is 9.59 Å². The van der Waals surface area contributed by atoms with Crippen LogP contribution in [0.4, 0.5) is 10.5 Å². The fraction of sp³-hybridized carbons (Fsp3) is 0.622. The third kappa shape index (κ3) is 8.88. The molecule has 1 aromatic rings. The SMILES string of the molecule is CC[C@@H]1/C=C/C=C(\C)Cc2cc(OC)c(Cl)c(c2)N(C)C(=O)C[C@H](OC(=O)[C@H](C)N(C)C(=O)CCNC)[C@]2(C)O[C@H]2[C@H](C)[C@@H]2C[C@@]1(O)NC(=O)O2. The number of nitrogens with one attached hydrogen (secondary N) is 2. The van der Waals surface area contributed by atoms with Crippen LogP contribution in [0.5, 0.6) is 5.75 Å². The van der Waals surface area contributed by atoms with Gasteiger partial charge in [-0.3, -0.25) is 14.9 Å². The fourth-order valence-electron chi connectivity index (χ4n) is 6.92. The maximum atomic E-state index is 14.1. The average Bonchev–Trinajstić information content (AvgIpc) is 3.79. The first-order valence-electron chi connectivity index (χ1n) is 17.5. The first-order chi connectivity index (χ1) is 24.0. The van der Waals surface area contributed by atoms with Gasteiger partial charge in [-0.05, 0) is 58.4 Å². The topological polar surface area (TPSA) is 159 Å². The number of anilines is 1. The second kappa shape index (κ2) is 16.4. The van der Waals surface area contributed by atoms with Gasteiger partial charge in [-0.1, -0.05) is 49.2 Å². The normalized spacial score (nSPS) is 31.9. The maximum absolute atomic E-state index is 14.1. The van der Waals surface area contributed by atoms with Crippen molar-refractivity contribution in [3.05, 3.63) is 46.5 Å². The number of carbonyl (C=O) groups is 4. The summed E-state index contributed by atoms with van der Waals surface area (Å²) in [7, 11) is 6.35. The zero-order chi connectivity index (χ0) is 37.8. The van der Waals surface area contributed by atoms with Crippen molar-refractivity contribution in [2.75, 3.05) is 39.7 Å². The average molecular weight is 733 g/mol. The van der Waals surface area contributed by atoms with Crippen LogP contribution in [0.1, 0.15) is 65.9 Å². The summed E-state index contributed by atoms with van der Waals surface area (Å²) in [5, 5.41) is 17.6. The van der Waals surface area contributed by atoms with E-state index >= 15 is 0 Å². The van der Waals surface area contributed by atoms with Gasteiger partial charge in [0.2, 0.25) is 11.8 Å². The molecule has 0 unspecified atom stereocenters. The second-order valence-corrected chi connectivity index (χ2v) is 14.5. The molecule has 0 spiro atoms. The van der Waals surface area contributed by atoms with E-state index < -0.39 is 65.5 Å². The Morgan fingerprint density at radius 1 is 1.29 bits per heavy atom. The highest BCUT2D eigenvalue weighted by molar-refractivity contribution is 6.35. The molecule has 8 atom stereocenters. The third-order valence-corrected chi connectivity index (χ3v) is 10.9. The molecule has 1 aromatic carbocycles. The predicted molar refractivity (Wildman–Crippen MR) is 192 cm³/mol. The van der Waals surface area contributed by atoms with E-state index in [1.165, 1.54) is 24.0 Å². The largest absolute Gasteiger partial charge is 0.495 e. The first-order valence-corrected chi connectivity index (χ1v) is 17.8. The molecule has 2 saturated heterocycles. The van der Waals surface area contributed by atoms with Crippen molar-refractivity contribution in [3.63, 3.8) is 0 Å². The summed E-state index contributed by atoms with van der Waals surface area (Å²) in [5.41, 5.74) is -0.536. The Balaban J connectivity index is 1.76. The van der Waals surface area contributed by atoms with Gasteiger partial charge in [0.1, 0.15) is 40.3 Å². The number of rotatable bonds is 8. The van der Waals surface area contributed by atoms with Crippen molar-refractivity contribution in [1.29, 1.82) is 0 Å². The first kappa shape index (κ1) is 40.1. The summed E-state index contributed by atoms with van der Waals surface area (Å²) in [6, 6.07) is 2.68. The molecule has 0 saturated carbocycles. The number of methoxy groups -OCH3 is 1. The van der Waals surface area contributed by atoms with Crippen molar-refractivity contribution in [2.24, 2.45) is 11.8 Å². The lowest BCUT2D eigenvalue weighted by Crippen LogP contribution is -2.61. The summed E-state index contributed by atoms with van der Waals surface area (Å²) < 4.78 is 23.6. The minimum atomic E-state index is -1.60. The molecule has 4 bridgehead atoms. The molecule has 3 N–H and O–H groups in total. The fourth-order valence-corrected chi connectivity index (χ4v) is 7.23. The second-order valence-electron chi connectivity index (χ2n) is 14.1. The number of alkyl carbamates (subject to hydrolysis) is 1. The van der Waals surface area contributed by atoms with E-state index in [-0.39, 0.29) is 30.2 Å². The van der Waals surface area contributed by atoms with Crippen molar-refractivity contribution >= 4 is 41.2 Å². The Morgan fingerprint density at radius 3 is 2.65 bits per heavy atom. The number of hydrogen-bond acceptors (Lipinski definition) is 10. The Bertz CT molecular complexity index is 1550. The number of epoxide rings is 1. The van der Waals surface area contributed by atoms with E-state index in [9.17, 15) is 24.3 Å². The molecule has 3 aliphatic rings. The molecule has 282 valence electrons. The van der Waals surface area contributed by atoms with Crippen molar-refractivity contribution in [1.82, 2.24) is 15.5 Å². The smallest absolute Gasteiger partial charge is 0.409 e. The quantitative estimate of drug-likeness (QED) is 0.262. The summed E-state index contributed by atoms with van der Waals surface area (Å²) in [4.78, 5) is 56.0. The number of likely N-dealkylation sites (N-methyl/N-ethyl adjacent to an activating group) is 1. The van der Waals surface area contributed by atoms with E-state index in [0.29, 0.717) is 30.8 Å². The predicted octanol–water partition coefficient (Wildman–Crippen LogP) is 4.14. The molecule has 51 heavy (non-hydrogen) atoms. The number of benzene rings is 1. The molecule has 0 aromatic heterocycles. The van der Waals surface area contributed by atoms with Crippen LogP contribution in [0.15, 0.2) is 35.9 Å². The zero-order valence-corrected chi connectivity index (χ0v) is 31.8. The number of esters is 1. The standard InChI is InChI=1S/C37H53ClN4O9/c1-10-25-13-11-12-21(2)16-24-17-26(32(38)27(18-24)48-9)42(8)31(44)19-29(50-34(45)23(4)41(7)30(43)14-15-39-6)36(5)33(51-36)22(3)28-20-37(25,47)40-35(46)49-28/h11-13,17-18,22-23,25,28-29,33,39,47H,10,14-16,19-20H2,1-9H3,(H,40,46)/b13-11+,21-12+/t22-,23+,25-,28+,29+,33+,36+,37+/m1/s1. The van der Waals surface area contributed by atoms with Crippen molar-refractivity contribution in [3.8, 4) is 5.75 Å². The van der Waals surface area contributed by atoms with Gasteiger partial charge in [0, 0.05) is 45.3 Å². The van der Waals surface area contributed by atoms with Gasteiger partial charge in [0.25, 0.3) is 0 Å². The summed E-state index contributed by atoms with van der Waals surface area (Å²) in [6.45, 7) is 9.48. The number of allylic oxidation sites excluding steroid dienone is 3. The number of nitrogens with zero attached hydrogens (tertiary/aromatic N) is 2. The molecule has 0 radical (unpaired) electrons. The number of fused-ring (bicyclic) bond motifs is 5. The van der Waals surface area contributed by atoms with Crippen LogP contribution in [0, 0.1) is 11.8 Å². The molecule has 3 aliphatic heterocycles. The van der Waals surface area contributed by atoms with E-state index in [0.717, 1.165) is 11.1 Å². The molecule has 13 nitrogen and oxygen atoms in total. The Morgan fingerprint density at radius 2 is 2.00 bits per heavy atom. The lowest BCUT2D eigenvalue weighted by Gasteiger charge is -2.42. The summed E-state index contributed by atoms with van der Waals surface area (Å²) in [6.07, 6.45) is 3.47. The molecule has 0 aliphatic carbocycles. The van der Waals surface area contributed by atoms with Crippen molar-refractivity contribution in [2.45, 2.75) is 102 Å². The van der Waals surface area contributed by atoms with Crippen LogP contribution in [-0.4, -0.2) is 104 Å². The monoisotopic (exact) mass is 732 g/mol. The molecule has 3 heterocycles.